The molecule has 1 unspecified atom stereocenters. The van der Waals surface area contributed by atoms with Gasteiger partial charge in [-0.3, -0.25) is 0 Å². The molecule has 6 nitrogen and oxygen atoms in total. The smallest absolute Gasteiger partial charge is 0.177 e. The molecule has 0 saturated heterocycles. The summed E-state index contributed by atoms with van der Waals surface area (Å²) in [4.78, 5) is 1.39. The van der Waals surface area contributed by atoms with Crippen LogP contribution in [0.3, 0.4) is 0 Å². The lowest BCUT2D eigenvalue weighted by atomic mass is 10.1. The fourth-order valence-corrected chi connectivity index (χ4v) is 1.18. The zero-order valence-corrected chi connectivity index (χ0v) is 8.55. The van der Waals surface area contributed by atoms with Crippen LogP contribution in [0.15, 0.2) is 0 Å². The molecule has 0 radical (unpaired) electrons. The van der Waals surface area contributed by atoms with Crippen LogP contribution in [0.5, 0.6) is 0 Å². The lowest BCUT2D eigenvalue weighted by Gasteiger charge is -2.06. The Morgan fingerprint density at radius 2 is 2.36 bits per heavy atom. The van der Waals surface area contributed by atoms with E-state index in [2.05, 4.69) is 15.4 Å². The second-order valence-corrected chi connectivity index (χ2v) is 3.19. The van der Waals surface area contributed by atoms with E-state index in [1.54, 1.807) is 14.2 Å². The Balaban J connectivity index is 2.23. The van der Waals surface area contributed by atoms with Gasteiger partial charge in [0.05, 0.1) is 13.2 Å². The van der Waals surface area contributed by atoms with E-state index < -0.39 is 6.10 Å². The summed E-state index contributed by atoms with van der Waals surface area (Å²) in [5, 5.41) is 21.0. The fourth-order valence-electron chi connectivity index (χ4n) is 1.18. The Kier molecular flexibility index (Phi) is 4.48. The van der Waals surface area contributed by atoms with Gasteiger partial charge in [0, 0.05) is 20.1 Å². The molecule has 0 fully saturated rings. The molecule has 0 spiro atoms. The van der Waals surface area contributed by atoms with Crippen LogP contribution in [0.4, 0.5) is 0 Å². The van der Waals surface area contributed by atoms with E-state index in [1.165, 1.54) is 4.80 Å². The molecule has 0 aromatic carbocycles. The molecular weight excluding hydrogens is 184 g/mol. The van der Waals surface area contributed by atoms with Gasteiger partial charge in [0.15, 0.2) is 5.82 Å². The van der Waals surface area contributed by atoms with E-state index >= 15 is 0 Å². The lowest BCUT2D eigenvalue weighted by Crippen LogP contribution is -2.12. The molecule has 80 valence electrons. The minimum absolute atomic E-state index is 0.408. The van der Waals surface area contributed by atoms with E-state index in [4.69, 9.17) is 4.74 Å². The maximum absolute atomic E-state index is 9.57. The number of aromatic nitrogens is 4. The molecule has 0 aliphatic heterocycles. The van der Waals surface area contributed by atoms with Crippen molar-refractivity contribution in [3.8, 4) is 0 Å². The van der Waals surface area contributed by atoms with Gasteiger partial charge in [-0.15, -0.1) is 10.2 Å². The molecule has 1 heterocycles. The van der Waals surface area contributed by atoms with E-state index in [1.807, 2.05) is 0 Å². The van der Waals surface area contributed by atoms with Crippen molar-refractivity contribution in [3.63, 3.8) is 0 Å². The molecule has 0 saturated carbocycles. The van der Waals surface area contributed by atoms with E-state index in [-0.39, 0.29) is 0 Å². The van der Waals surface area contributed by atoms with Gasteiger partial charge < -0.3 is 9.84 Å². The van der Waals surface area contributed by atoms with Crippen molar-refractivity contribution >= 4 is 0 Å². The summed E-state index contributed by atoms with van der Waals surface area (Å²) in [6.45, 7) is 0.672. The molecule has 1 atom stereocenters. The number of tetrazole rings is 1. The topological polar surface area (TPSA) is 73.1 Å². The SMILES string of the molecule is COCCCC(O)Cc1nnn(C)n1. The van der Waals surface area contributed by atoms with Crippen molar-refractivity contribution in [2.24, 2.45) is 7.05 Å². The summed E-state index contributed by atoms with van der Waals surface area (Å²) in [5.74, 6) is 0.581. The van der Waals surface area contributed by atoms with Crippen molar-refractivity contribution in [2.45, 2.75) is 25.4 Å². The van der Waals surface area contributed by atoms with Gasteiger partial charge in [-0.05, 0) is 18.1 Å². The van der Waals surface area contributed by atoms with Gasteiger partial charge in [0.1, 0.15) is 0 Å². The van der Waals surface area contributed by atoms with Crippen molar-refractivity contribution in [1.29, 1.82) is 0 Å². The number of ether oxygens (including phenoxy) is 1. The number of aliphatic hydroxyl groups excluding tert-OH is 1. The first-order chi connectivity index (χ1) is 6.72. The number of hydrogen-bond acceptors (Lipinski definition) is 5. The van der Waals surface area contributed by atoms with Crippen LogP contribution in [0.1, 0.15) is 18.7 Å². The number of aliphatic hydroxyl groups is 1. The summed E-state index contributed by atoms with van der Waals surface area (Å²) in [6.07, 6.45) is 1.59. The Bertz CT molecular complexity index is 264. The maximum atomic E-state index is 9.57. The molecule has 6 heteroatoms. The minimum atomic E-state index is -0.408. The largest absolute Gasteiger partial charge is 0.393 e. The Hall–Kier alpha value is -1.01. The average Bonchev–Trinajstić information content (AvgIpc) is 2.52. The third-order valence-electron chi connectivity index (χ3n) is 1.85. The molecule has 0 amide bonds. The van der Waals surface area contributed by atoms with Crippen LogP contribution < -0.4 is 0 Å². The van der Waals surface area contributed by atoms with Gasteiger partial charge in [0.2, 0.25) is 0 Å². The van der Waals surface area contributed by atoms with Crippen molar-refractivity contribution < 1.29 is 9.84 Å². The van der Waals surface area contributed by atoms with Gasteiger partial charge >= 0.3 is 0 Å². The third kappa shape index (κ3) is 3.80. The predicted octanol–water partition coefficient (Wildman–Crippen LogP) is -0.460. The molecule has 0 aliphatic carbocycles. The molecular formula is C8H16N4O2. The fraction of sp³-hybridized carbons (Fsp3) is 0.875. The maximum Gasteiger partial charge on any atom is 0.177 e. The zero-order chi connectivity index (χ0) is 10.4. The second-order valence-electron chi connectivity index (χ2n) is 3.19. The summed E-state index contributed by atoms with van der Waals surface area (Å²) in [6, 6.07) is 0. The Morgan fingerprint density at radius 3 is 2.93 bits per heavy atom. The number of methoxy groups -OCH3 is 1. The number of hydrogen-bond donors (Lipinski definition) is 1. The van der Waals surface area contributed by atoms with Gasteiger partial charge in [0.25, 0.3) is 0 Å². The normalized spacial score (nSPS) is 13.1. The highest BCUT2D eigenvalue weighted by Crippen LogP contribution is 2.02. The number of rotatable bonds is 6. The van der Waals surface area contributed by atoms with E-state index in [9.17, 15) is 5.11 Å². The van der Waals surface area contributed by atoms with Crippen molar-refractivity contribution in [2.75, 3.05) is 13.7 Å². The quantitative estimate of drug-likeness (QED) is 0.629. The van der Waals surface area contributed by atoms with Gasteiger partial charge in [-0.1, -0.05) is 0 Å². The summed E-state index contributed by atoms with van der Waals surface area (Å²) < 4.78 is 4.89. The highest BCUT2D eigenvalue weighted by molar-refractivity contribution is 4.80. The summed E-state index contributed by atoms with van der Waals surface area (Å²) >= 11 is 0. The minimum Gasteiger partial charge on any atom is -0.393 e. The first-order valence-electron chi connectivity index (χ1n) is 4.62. The second kappa shape index (κ2) is 5.66. The van der Waals surface area contributed by atoms with Crippen LogP contribution in [0.25, 0.3) is 0 Å². The van der Waals surface area contributed by atoms with Crippen LogP contribution >= 0.6 is 0 Å². The highest BCUT2D eigenvalue weighted by Gasteiger charge is 2.09. The van der Waals surface area contributed by atoms with E-state index in [0.29, 0.717) is 25.3 Å². The molecule has 0 aliphatic rings. The first kappa shape index (κ1) is 11.1. The van der Waals surface area contributed by atoms with Crippen molar-refractivity contribution in [1.82, 2.24) is 20.2 Å². The van der Waals surface area contributed by atoms with Crippen LogP contribution in [-0.4, -0.2) is 45.1 Å². The predicted molar refractivity (Wildman–Crippen MR) is 49.6 cm³/mol. The monoisotopic (exact) mass is 200 g/mol. The Labute approximate surface area is 82.9 Å². The molecule has 0 bridgehead atoms. The van der Waals surface area contributed by atoms with Gasteiger partial charge in [-0.25, -0.2) is 0 Å². The van der Waals surface area contributed by atoms with Crippen LogP contribution in [-0.2, 0) is 18.2 Å². The molecule has 1 aromatic heterocycles. The summed E-state index contributed by atoms with van der Waals surface area (Å²) in [7, 11) is 3.35. The molecule has 14 heavy (non-hydrogen) atoms. The standard InChI is InChI=1S/C8H16N4O2/c1-12-10-8(9-11-12)6-7(13)4-3-5-14-2/h7,13H,3-6H2,1-2H3. The molecule has 1 N–H and O–H groups in total. The van der Waals surface area contributed by atoms with E-state index in [0.717, 1.165) is 6.42 Å². The van der Waals surface area contributed by atoms with Crippen LogP contribution in [0.2, 0.25) is 0 Å². The molecule has 1 aromatic rings. The van der Waals surface area contributed by atoms with Gasteiger partial charge in [-0.2, -0.15) is 4.80 Å². The number of aryl methyl sites for hydroxylation is 1. The summed E-state index contributed by atoms with van der Waals surface area (Å²) in [5.41, 5.74) is 0. The van der Waals surface area contributed by atoms with Crippen LogP contribution in [0, 0.1) is 0 Å². The average molecular weight is 200 g/mol. The molecule has 1 rings (SSSR count). The number of nitrogens with zero attached hydrogens (tertiary/aromatic N) is 4. The Morgan fingerprint density at radius 1 is 1.57 bits per heavy atom. The van der Waals surface area contributed by atoms with Crippen molar-refractivity contribution in [3.05, 3.63) is 5.82 Å². The zero-order valence-electron chi connectivity index (χ0n) is 8.55. The third-order valence-corrected chi connectivity index (χ3v) is 1.85. The lowest BCUT2D eigenvalue weighted by molar-refractivity contribution is 0.133. The highest BCUT2D eigenvalue weighted by atomic mass is 16.5. The first-order valence-corrected chi connectivity index (χ1v) is 4.62.